The summed E-state index contributed by atoms with van der Waals surface area (Å²) < 4.78 is 357. The molecule has 0 bridgehead atoms. The smallest absolute Gasteiger partial charge is 0.397 e. The predicted molar refractivity (Wildman–Crippen MR) is 312 cm³/mol. The van der Waals surface area contributed by atoms with Crippen molar-refractivity contribution in [1.29, 1.82) is 0 Å². The Kier molecular flexibility index (Phi) is 20.3. The number of rotatable bonds is 14. The fourth-order valence-corrected chi connectivity index (χ4v) is 15.2. The van der Waals surface area contributed by atoms with E-state index in [-0.39, 0.29) is 48.1 Å². The van der Waals surface area contributed by atoms with E-state index in [1.807, 2.05) is 0 Å². The second kappa shape index (κ2) is 22.7. The van der Waals surface area contributed by atoms with Crippen LogP contribution in [0, 0.1) is 0 Å². The summed E-state index contributed by atoms with van der Waals surface area (Å²) in [5.41, 5.74) is -9.03. The van der Waals surface area contributed by atoms with E-state index < -0.39 is 130 Å². The van der Waals surface area contributed by atoms with E-state index in [4.69, 9.17) is 4.18 Å². The lowest BCUT2D eigenvalue weighted by atomic mass is 9.75. The molecule has 0 radical (unpaired) electrons. The summed E-state index contributed by atoms with van der Waals surface area (Å²) >= 11 is 0. The molecule has 0 heterocycles. The van der Waals surface area contributed by atoms with Gasteiger partial charge in [-0.25, -0.2) is 4.79 Å². The Morgan fingerprint density at radius 3 is 0.543 bits per heavy atom. The Morgan fingerprint density at radius 1 is 0.250 bits per heavy atom. The summed E-state index contributed by atoms with van der Waals surface area (Å²) in [5.74, 6) is -95.5. The Balaban J connectivity index is 3.19. The summed E-state index contributed by atoms with van der Waals surface area (Å²) in [5, 5.41) is 0. The number of alkyl halides is 23. The van der Waals surface area contributed by atoms with Crippen molar-refractivity contribution < 1.29 is 110 Å². The molecule has 0 unspecified atom stereocenters. The molecular formula is C66H87F23O2S. The second-order valence-corrected chi connectivity index (χ2v) is 35.6. The molecule has 0 aliphatic rings. The first-order valence-electron chi connectivity index (χ1n) is 29.0. The topological polar surface area (TPSA) is 26.3 Å². The SMILES string of the molecule is CC(C)(C)c1cc(C(C)(C)C)c(S(OC(=O)C(F)(F)C(F)(F)C(F)(F)C(F)(F)C(F)(F)C(F)(F)C(F)(F)C(F)(F)C(F)(F)C(F)(F)C(F)(F)F)(c2c(C(C)(C)C)cc(C(C)(C)C)cc2C(C)(C)C)c2c(C(C)(C)C)cc(C(C)(C)C)cc2C(C)(C)C)c(C(C)(C)C)c1. The number of hydrogen-bond acceptors (Lipinski definition) is 2. The molecule has 0 aliphatic carbocycles. The quantitative estimate of drug-likeness (QED) is 0.150. The lowest BCUT2D eigenvalue weighted by Gasteiger charge is -2.53. The third-order valence-electron chi connectivity index (χ3n) is 15.9. The van der Waals surface area contributed by atoms with Crippen LogP contribution in [-0.4, -0.2) is 71.4 Å². The molecule has 530 valence electrons. The Labute approximate surface area is 526 Å². The van der Waals surface area contributed by atoms with Crippen LogP contribution in [0.2, 0.25) is 0 Å². The zero-order valence-electron chi connectivity index (χ0n) is 56.9. The fourth-order valence-electron chi connectivity index (χ4n) is 9.94. The minimum absolute atomic E-state index is 0.0713. The van der Waals surface area contributed by atoms with E-state index in [2.05, 4.69) is 0 Å². The van der Waals surface area contributed by atoms with Crippen LogP contribution in [-0.2, 0) is 57.7 Å². The molecule has 0 atom stereocenters. The minimum atomic E-state index is -9.64. The summed E-state index contributed by atoms with van der Waals surface area (Å²) in [7, 11) is -5.21. The van der Waals surface area contributed by atoms with Crippen molar-refractivity contribution in [2.75, 3.05) is 0 Å². The molecule has 3 aromatic carbocycles. The first-order chi connectivity index (χ1) is 39.5. The van der Waals surface area contributed by atoms with Gasteiger partial charge in [0.1, 0.15) is 0 Å². The first kappa shape index (κ1) is 82.1. The van der Waals surface area contributed by atoms with E-state index >= 15 is 57.5 Å². The van der Waals surface area contributed by atoms with Gasteiger partial charge in [0.15, 0.2) is 0 Å². The molecule has 0 aromatic heterocycles. The van der Waals surface area contributed by atoms with Crippen LogP contribution < -0.4 is 0 Å². The standard InChI is InChI=1S/C66H87F23O2S/c1-47(2,3)34-28-37(50(10,11)12)43(38(29-34)51(13,14)15)92(44-39(52(16,17)18)30-35(48(4,5)6)31-40(44)53(19,20)21,45-41(54(22,23)24)32-36(49(7,8)9)33-42(45)55(25,26)27)91-46(90)56(67,68)57(69,70)58(71,72)59(73,74)60(75,76)61(77,78)62(79,80)63(81,82)64(83,84)65(85,86)66(87,88)89/h28-33H,1-27H3. The highest BCUT2D eigenvalue weighted by atomic mass is 32.3. The number of benzene rings is 3. The van der Waals surface area contributed by atoms with E-state index in [1.165, 1.54) is 0 Å². The van der Waals surface area contributed by atoms with Crippen molar-refractivity contribution in [3.05, 3.63) is 86.5 Å². The van der Waals surface area contributed by atoms with E-state index in [0.717, 1.165) is 0 Å². The monoisotopic (exact) mass is 1380 g/mol. The van der Waals surface area contributed by atoms with Crippen molar-refractivity contribution in [3.63, 3.8) is 0 Å². The number of halogens is 23. The third kappa shape index (κ3) is 13.2. The number of carbonyl (C=O) groups is 1. The van der Waals surface area contributed by atoms with Crippen molar-refractivity contribution in [2.24, 2.45) is 0 Å². The average Bonchev–Trinajstić information content (AvgIpc) is 0.688. The molecular weight excluding hydrogens is 1290 g/mol. The lowest BCUT2D eigenvalue weighted by molar-refractivity contribution is -0.477. The van der Waals surface area contributed by atoms with Crippen molar-refractivity contribution in [2.45, 2.75) is 316 Å². The van der Waals surface area contributed by atoms with Gasteiger partial charge in [-0.15, -0.1) is 0 Å². The van der Waals surface area contributed by atoms with Gasteiger partial charge in [0.25, 0.3) is 0 Å². The van der Waals surface area contributed by atoms with Crippen LogP contribution >= 0.6 is 10.3 Å². The Hall–Kier alpha value is -4.13. The van der Waals surface area contributed by atoms with E-state index in [9.17, 15) is 48.3 Å². The van der Waals surface area contributed by atoms with E-state index in [0.29, 0.717) is 16.7 Å². The number of hydrogen-bond donors (Lipinski definition) is 0. The van der Waals surface area contributed by atoms with Crippen LogP contribution in [0.15, 0.2) is 51.1 Å². The molecule has 0 amide bonds. The highest BCUT2D eigenvalue weighted by molar-refractivity contribution is 8.30. The maximum atomic E-state index is 17.9. The van der Waals surface area contributed by atoms with Gasteiger partial charge < -0.3 is 4.18 Å². The second-order valence-electron chi connectivity index (χ2n) is 33.1. The molecule has 0 aliphatic heterocycles. The molecule has 3 aromatic rings. The summed E-state index contributed by atoms with van der Waals surface area (Å²) in [6.07, 6.45) is -8.21. The van der Waals surface area contributed by atoms with E-state index in [1.54, 1.807) is 223 Å². The highest BCUT2D eigenvalue weighted by Gasteiger charge is 2.99. The molecule has 0 fully saturated rings. The molecule has 0 N–H and O–H groups in total. The molecule has 26 heteroatoms. The largest absolute Gasteiger partial charge is 0.460 e. The molecule has 0 saturated heterocycles. The summed E-state index contributed by atoms with van der Waals surface area (Å²) in [6, 6.07) is 9.57. The van der Waals surface area contributed by atoms with Gasteiger partial charge in [-0.1, -0.05) is 223 Å². The molecule has 92 heavy (non-hydrogen) atoms. The normalized spacial score (nSPS) is 15.9. The van der Waals surface area contributed by atoms with Crippen LogP contribution in [0.25, 0.3) is 0 Å². The zero-order valence-corrected chi connectivity index (χ0v) is 57.7. The van der Waals surface area contributed by atoms with Crippen molar-refractivity contribution in [3.8, 4) is 0 Å². The molecule has 0 saturated carbocycles. The van der Waals surface area contributed by atoms with Crippen LogP contribution in [0.5, 0.6) is 0 Å². The zero-order chi connectivity index (χ0) is 74.0. The van der Waals surface area contributed by atoms with Gasteiger partial charge in [-0.3, -0.25) is 0 Å². The van der Waals surface area contributed by atoms with Gasteiger partial charge in [0.05, 0.1) is 0 Å². The third-order valence-corrected chi connectivity index (χ3v) is 19.4. The molecule has 0 spiro atoms. The Morgan fingerprint density at radius 2 is 0.402 bits per heavy atom. The predicted octanol–water partition coefficient (Wildman–Crippen LogP) is 24.0. The maximum Gasteiger partial charge on any atom is 0.460 e. The van der Waals surface area contributed by atoms with Crippen molar-refractivity contribution in [1.82, 2.24) is 0 Å². The van der Waals surface area contributed by atoms with Crippen LogP contribution in [0.4, 0.5) is 101 Å². The van der Waals surface area contributed by atoms with Crippen LogP contribution in [0.1, 0.15) is 237 Å². The van der Waals surface area contributed by atoms with Gasteiger partial charge in [-0.2, -0.15) is 101 Å². The van der Waals surface area contributed by atoms with Gasteiger partial charge in [0, 0.05) is 14.7 Å². The lowest BCUT2D eigenvalue weighted by Crippen LogP contribution is -2.78. The average molecular weight is 1380 g/mol. The fraction of sp³-hybridized carbons (Fsp3) is 0.712. The van der Waals surface area contributed by atoms with Gasteiger partial charge in [-0.05, 0) is 109 Å². The van der Waals surface area contributed by atoms with Crippen LogP contribution in [0.3, 0.4) is 0 Å². The summed E-state index contributed by atoms with van der Waals surface area (Å²) in [4.78, 5) is 14.8. The minimum Gasteiger partial charge on any atom is -0.397 e. The first-order valence-corrected chi connectivity index (χ1v) is 30.6. The summed E-state index contributed by atoms with van der Waals surface area (Å²) in [6.45, 7) is 44.9. The molecule has 3 rings (SSSR count). The molecule has 2 nitrogen and oxygen atoms in total. The Bertz CT molecular complexity index is 2920. The van der Waals surface area contributed by atoms with Crippen molar-refractivity contribution >= 4 is 16.3 Å². The highest BCUT2D eigenvalue weighted by Crippen LogP contribution is 2.79. The maximum absolute atomic E-state index is 17.9. The van der Waals surface area contributed by atoms with Gasteiger partial charge in [0.2, 0.25) is 0 Å². The van der Waals surface area contributed by atoms with Gasteiger partial charge >= 0.3 is 71.4 Å². The number of carbonyl (C=O) groups excluding carboxylic acids is 1.